The van der Waals surface area contributed by atoms with Gasteiger partial charge < -0.3 is 10.5 Å². The molecule has 0 aliphatic rings. The number of rotatable bonds is 2. The molecule has 1 amide bonds. The van der Waals surface area contributed by atoms with E-state index in [0.29, 0.717) is 5.02 Å². The molecule has 0 radical (unpaired) electrons. The molecule has 4 N–H and O–H groups in total. The van der Waals surface area contributed by atoms with Crippen LogP contribution in [0.1, 0.15) is 20.8 Å². The van der Waals surface area contributed by atoms with Crippen molar-refractivity contribution in [2.45, 2.75) is 31.3 Å². The van der Waals surface area contributed by atoms with Crippen LogP contribution >= 0.6 is 23.4 Å². The van der Waals surface area contributed by atoms with Crippen molar-refractivity contribution in [3.8, 4) is 0 Å². The van der Waals surface area contributed by atoms with Gasteiger partial charge in [-0.05, 0) is 51.3 Å². The zero-order valence-corrected chi connectivity index (χ0v) is 17.0. The summed E-state index contributed by atoms with van der Waals surface area (Å²) in [5, 5.41) is 0.272. The number of carbonyl (C=O) groups excluding carboxylic acids is 1. The molecule has 0 aliphatic carbocycles. The van der Waals surface area contributed by atoms with E-state index in [0.717, 1.165) is 11.8 Å². The number of amidine groups is 1. The number of thioether (sulfide) groups is 1. The van der Waals surface area contributed by atoms with Crippen molar-refractivity contribution in [2.75, 3.05) is 6.26 Å². The molecule has 12 heteroatoms. The van der Waals surface area contributed by atoms with Crippen LogP contribution in [0.3, 0.4) is 0 Å². The maximum absolute atomic E-state index is 12.3. The summed E-state index contributed by atoms with van der Waals surface area (Å²) in [7, 11) is -3.98. The number of hydrogen-bond acceptors (Lipinski definition) is 5. The van der Waals surface area contributed by atoms with E-state index in [1.807, 2.05) is 0 Å². The van der Waals surface area contributed by atoms with E-state index in [4.69, 9.17) is 22.1 Å². The van der Waals surface area contributed by atoms with Crippen molar-refractivity contribution in [2.24, 2.45) is 15.1 Å². The van der Waals surface area contributed by atoms with Gasteiger partial charge in [-0.3, -0.25) is 5.43 Å². The summed E-state index contributed by atoms with van der Waals surface area (Å²) in [6.07, 6.45) is 0.806. The number of sulfonamides is 1. The van der Waals surface area contributed by atoms with Crippen molar-refractivity contribution >= 4 is 50.6 Å². The largest absolute Gasteiger partial charge is 0.443 e. The number of nitrogens with zero attached hydrogens (tertiary/aromatic N) is 2. The van der Waals surface area contributed by atoms with Crippen LogP contribution in [0.15, 0.2) is 38.6 Å². The summed E-state index contributed by atoms with van der Waals surface area (Å²) in [6, 6.07) is 5.53. The first kappa shape index (κ1) is 22.1. The highest BCUT2D eigenvalue weighted by molar-refractivity contribution is 8.14. The van der Waals surface area contributed by atoms with Crippen molar-refractivity contribution in [1.29, 1.82) is 0 Å². The second kappa shape index (κ2) is 9.10. The molecule has 0 aliphatic heterocycles. The highest BCUT2D eigenvalue weighted by Crippen LogP contribution is 2.17. The molecule has 9 nitrogen and oxygen atoms in total. The minimum absolute atomic E-state index is 0.0398. The van der Waals surface area contributed by atoms with Gasteiger partial charge in [-0.15, -0.1) is 4.40 Å². The van der Waals surface area contributed by atoms with Gasteiger partial charge in [-0.2, -0.15) is 13.4 Å². The maximum Gasteiger partial charge on any atom is 0.426 e. The number of guanidine groups is 1. The summed E-state index contributed by atoms with van der Waals surface area (Å²) in [6.45, 7) is 5.10. The van der Waals surface area contributed by atoms with Crippen LogP contribution in [0.2, 0.25) is 5.02 Å². The lowest BCUT2D eigenvalue weighted by molar-refractivity contribution is 0.0512. The van der Waals surface area contributed by atoms with E-state index >= 15 is 0 Å². The number of halogens is 1. The van der Waals surface area contributed by atoms with E-state index in [1.54, 1.807) is 27.0 Å². The maximum atomic E-state index is 12.3. The van der Waals surface area contributed by atoms with E-state index < -0.39 is 21.7 Å². The van der Waals surface area contributed by atoms with Crippen molar-refractivity contribution in [1.82, 2.24) is 10.9 Å². The molecule has 0 saturated carbocycles. The van der Waals surface area contributed by atoms with Crippen LogP contribution in [0, 0.1) is 0 Å². The van der Waals surface area contributed by atoms with E-state index in [1.165, 1.54) is 24.3 Å². The first-order valence-corrected chi connectivity index (χ1v) is 10.2. The van der Waals surface area contributed by atoms with Gasteiger partial charge in [-0.25, -0.2) is 10.2 Å². The Morgan fingerprint density at radius 3 is 2.31 bits per heavy atom. The molecule has 0 spiro atoms. The molecular formula is C14H20ClN5O4S2. The van der Waals surface area contributed by atoms with Crippen LogP contribution in [-0.2, 0) is 14.8 Å². The Kier molecular flexibility index (Phi) is 7.72. The van der Waals surface area contributed by atoms with E-state index in [2.05, 4.69) is 20.2 Å². The molecule has 0 aromatic heterocycles. The van der Waals surface area contributed by atoms with Gasteiger partial charge in [0.1, 0.15) is 5.60 Å². The predicted molar refractivity (Wildman–Crippen MR) is 104 cm³/mol. The van der Waals surface area contributed by atoms with Gasteiger partial charge in [0, 0.05) is 5.02 Å². The normalized spacial score (nSPS) is 13.3. The molecule has 1 rings (SSSR count). The third-order valence-electron chi connectivity index (χ3n) is 2.40. The SMILES string of the molecule is CSC(=N\S(=O)(=O)c1ccc(Cl)cc1)/N=C(\N)NNC(=O)OC(C)(C)C. The number of nitrogens with one attached hydrogen (secondary N) is 2. The van der Waals surface area contributed by atoms with Crippen LogP contribution in [0.5, 0.6) is 0 Å². The average molecular weight is 422 g/mol. The summed E-state index contributed by atoms with van der Waals surface area (Å²) in [5.74, 6) is -0.268. The third-order valence-corrected chi connectivity index (χ3v) is 4.60. The topological polar surface area (TPSA) is 135 Å². The molecule has 26 heavy (non-hydrogen) atoms. The Morgan fingerprint density at radius 1 is 1.23 bits per heavy atom. The van der Waals surface area contributed by atoms with Gasteiger partial charge in [0.25, 0.3) is 10.0 Å². The molecule has 0 unspecified atom stereocenters. The van der Waals surface area contributed by atoms with Gasteiger partial charge in [-0.1, -0.05) is 23.4 Å². The van der Waals surface area contributed by atoms with E-state index in [9.17, 15) is 13.2 Å². The van der Waals surface area contributed by atoms with Gasteiger partial charge in [0.15, 0.2) is 0 Å². The minimum atomic E-state index is -3.98. The number of benzene rings is 1. The van der Waals surface area contributed by atoms with Crippen LogP contribution in [-0.4, -0.2) is 37.5 Å². The van der Waals surface area contributed by atoms with Gasteiger partial charge in [0.2, 0.25) is 11.1 Å². The van der Waals surface area contributed by atoms with Crippen molar-refractivity contribution < 1.29 is 17.9 Å². The van der Waals surface area contributed by atoms with Crippen LogP contribution in [0.25, 0.3) is 0 Å². The minimum Gasteiger partial charge on any atom is -0.443 e. The summed E-state index contributed by atoms with van der Waals surface area (Å²) in [4.78, 5) is 15.3. The molecule has 0 bridgehead atoms. The Labute approximate surface area is 161 Å². The first-order valence-electron chi connectivity index (χ1n) is 7.16. The fourth-order valence-electron chi connectivity index (χ4n) is 1.42. The molecule has 1 aromatic carbocycles. The molecule has 0 saturated heterocycles. The average Bonchev–Trinajstić information content (AvgIpc) is 2.51. The Bertz CT molecular complexity index is 802. The summed E-state index contributed by atoms with van der Waals surface area (Å²) < 4.78 is 33.1. The van der Waals surface area contributed by atoms with Gasteiger partial charge in [0.05, 0.1) is 4.90 Å². The highest BCUT2D eigenvalue weighted by atomic mass is 35.5. The standard InChI is InChI=1S/C14H20ClN5O4S2/c1-14(2,3)24-13(21)19-18-11(16)17-12(25-4)20-26(22,23)10-7-5-9(15)6-8-10/h5-8H,1-4H3,(H,19,21)(H3,16,17,18,20). The number of aliphatic imine (C=N–C) groups is 1. The smallest absolute Gasteiger partial charge is 0.426 e. The van der Waals surface area contributed by atoms with Crippen LogP contribution in [0.4, 0.5) is 4.79 Å². The molecule has 0 atom stereocenters. The molecule has 0 fully saturated rings. The monoisotopic (exact) mass is 421 g/mol. The lowest BCUT2D eigenvalue weighted by Crippen LogP contribution is -2.47. The zero-order chi connectivity index (χ0) is 20.0. The Balaban J connectivity index is 2.86. The summed E-state index contributed by atoms with van der Waals surface area (Å²) in [5.41, 5.74) is 9.39. The Morgan fingerprint density at radius 2 is 1.81 bits per heavy atom. The second-order valence-corrected chi connectivity index (χ2v) is 8.57. The lowest BCUT2D eigenvalue weighted by Gasteiger charge is -2.19. The quantitative estimate of drug-likeness (QED) is 0.378. The van der Waals surface area contributed by atoms with Crippen LogP contribution < -0.4 is 16.6 Å². The fraction of sp³-hybridized carbons (Fsp3) is 0.357. The lowest BCUT2D eigenvalue weighted by atomic mass is 10.2. The number of carbonyl (C=O) groups is 1. The van der Waals surface area contributed by atoms with E-state index in [-0.39, 0.29) is 16.0 Å². The Hall–Kier alpha value is -1.98. The first-order chi connectivity index (χ1) is 11.9. The third kappa shape index (κ3) is 7.93. The molecule has 144 valence electrons. The number of amides is 1. The molecular weight excluding hydrogens is 402 g/mol. The van der Waals surface area contributed by atoms with Crippen molar-refractivity contribution in [3.05, 3.63) is 29.3 Å². The molecule has 1 aromatic rings. The second-order valence-electron chi connectivity index (χ2n) is 5.76. The summed E-state index contributed by atoms with van der Waals surface area (Å²) >= 11 is 6.70. The van der Waals surface area contributed by atoms with Gasteiger partial charge >= 0.3 is 6.09 Å². The number of nitrogens with two attached hydrogens (primary N) is 1. The fourth-order valence-corrected chi connectivity index (χ4v) is 3.16. The number of hydrogen-bond donors (Lipinski definition) is 3. The highest BCUT2D eigenvalue weighted by Gasteiger charge is 2.16. The van der Waals surface area contributed by atoms with Crippen molar-refractivity contribution in [3.63, 3.8) is 0 Å². The molecule has 0 heterocycles. The number of ether oxygens (including phenoxy) is 1. The number of hydrazine groups is 1. The zero-order valence-electron chi connectivity index (χ0n) is 14.6. The predicted octanol–water partition coefficient (Wildman–Crippen LogP) is 2.09.